The zero-order valence-corrected chi connectivity index (χ0v) is 15.2. The van der Waals surface area contributed by atoms with Crippen LogP contribution in [0.2, 0.25) is 0 Å². The molecule has 1 heterocycles. The van der Waals surface area contributed by atoms with E-state index in [2.05, 4.69) is 26.3 Å². The number of amides is 1. The van der Waals surface area contributed by atoms with Crippen LogP contribution in [0.5, 0.6) is 0 Å². The van der Waals surface area contributed by atoms with Gasteiger partial charge in [0.2, 0.25) is 0 Å². The SMILES string of the molecule is O=C(NCc1ccccc1Cn1cccn1)c1ccc(Br)c([N+](=O)[O-])c1. The summed E-state index contributed by atoms with van der Waals surface area (Å²) in [6, 6.07) is 13.9. The van der Waals surface area contributed by atoms with E-state index in [0.29, 0.717) is 17.6 Å². The topological polar surface area (TPSA) is 90.1 Å². The minimum atomic E-state index is -0.528. The third-order valence-electron chi connectivity index (χ3n) is 3.85. The summed E-state index contributed by atoms with van der Waals surface area (Å²) < 4.78 is 2.14. The molecule has 0 fully saturated rings. The highest BCUT2D eigenvalue weighted by atomic mass is 79.9. The lowest BCUT2D eigenvalue weighted by atomic mass is 10.1. The highest BCUT2D eigenvalue weighted by molar-refractivity contribution is 9.10. The minimum absolute atomic E-state index is 0.142. The lowest BCUT2D eigenvalue weighted by molar-refractivity contribution is -0.385. The van der Waals surface area contributed by atoms with Crippen LogP contribution in [0.3, 0.4) is 0 Å². The maximum Gasteiger partial charge on any atom is 0.284 e. The second-order valence-electron chi connectivity index (χ2n) is 5.58. The molecule has 26 heavy (non-hydrogen) atoms. The number of benzene rings is 2. The van der Waals surface area contributed by atoms with Gasteiger partial charge in [0.05, 0.1) is 15.9 Å². The summed E-state index contributed by atoms with van der Waals surface area (Å²) in [4.78, 5) is 22.8. The molecule has 7 nitrogen and oxygen atoms in total. The van der Waals surface area contributed by atoms with Crippen LogP contribution < -0.4 is 5.32 Å². The van der Waals surface area contributed by atoms with Crippen LogP contribution in [0.25, 0.3) is 0 Å². The van der Waals surface area contributed by atoms with Crippen molar-refractivity contribution in [1.29, 1.82) is 0 Å². The van der Waals surface area contributed by atoms with E-state index in [1.165, 1.54) is 12.1 Å². The molecule has 2 aromatic carbocycles. The maximum absolute atomic E-state index is 12.4. The molecule has 0 saturated carbocycles. The molecule has 0 aliphatic rings. The van der Waals surface area contributed by atoms with E-state index in [9.17, 15) is 14.9 Å². The van der Waals surface area contributed by atoms with Gasteiger partial charge in [0.25, 0.3) is 11.6 Å². The van der Waals surface area contributed by atoms with Gasteiger partial charge >= 0.3 is 0 Å². The zero-order chi connectivity index (χ0) is 18.5. The third kappa shape index (κ3) is 4.15. The number of hydrogen-bond acceptors (Lipinski definition) is 4. The fraction of sp³-hybridized carbons (Fsp3) is 0.111. The smallest absolute Gasteiger partial charge is 0.284 e. The van der Waals surface area contributed by atoms with E-state index in [-0.39, 0.29) is 17.2 Å². The van der Waals surface area contributed by atoms with E-state index in [1.54, 1.807) is 16.9 Å². The van der Waals surface area contributed by atoms with Gasteiger partial charge in [0.15, 0.2) is 0 Å². The molecule has 0 atom stereocenters. The van der Waals surface area contributed by atoms with Crippen LogP contribution in [0.15, 0.2) is 65.4 Å². The van der Waals surface area contributed by atoms with E-state index >= 15 is 0 Å². The van der Waals surface area contributed by atoms with Crippen molar-refractivity contribution in [3.8, 4) is 0 Å². The van der Waals surface area contributed by atoms with Crippen LogP contribution in [0.4, 0.5) is 5.69 Å². The number of carbonyl (C=O) groups is 1. The van der Waals surface area contributed by atoms with Crippen molar-refractivity contribution in [3.63, 3.8) is 0 Å². The van der Waals surface area contributed by atoms with Crippen molar-refractivity contribution in [1.82, 2.24) is 15.1 Å². The van der Waals surface area contributed by atoms with Crippen molar-refractivity contribution in [2.45, 2.75) is 13.1 Å². The Balaban J connectivity index is 1.72. The molecule has 0 aliphatic carbocycles. The average molecular weight is 415 g/mol. The first-order chi connectivity index (χ1) is 12.5. The number of rotatable bonds is 6. The van der Waals surface area contributed by atoms with E-state index < -0.39 is 4.92 Å². The lowest BCUT2D eigenvalue weighted by Crippen LogP contribution is -2.23. The van der Waals surface area contributed by atoms with E-state index in [0.717, 1.165) is 11.1 Å². The number of aromatic nitrogens is 2. The minimum Gasteiger partial charge on any atom is -0.348 e. The highest BCUT2D eigenvalue weighted by Crippen LogP contribution is 2.25. The molecule has 0 radical (unpaired) electrons. The quantitative estimate of drug-likeness (QED) is 0.493. The van der Waals surface area contributed by atoms with Gasteiger partial charge in [-0.15, -0.1) is 0 Å². The molecule has 0 unspecified atom stereocenters. The number of nitrogens with one attached hydrogen (secondary N) is 1. The Bertz CT molecular complexity index is 941. The van der Waals surface area contributed by atoms with Crippen LogP contribution >= 0.6 is 15.9 Å². The Labute approximate surface area is 157 Å². The van der Waals surface area contributed by atoms with Crippen molar-refractivity contribution in [3.05, 3.63) is 92.2 Å². The Morgan fingerprint density at radius 3 is 2.65 bits per heavy atom. The average Bonchev–Trinajstić information content (AvgIpc) is 3.14. The molecule has 0 spiro atoms. The molecule has 1 amide bonds. The maximum atomic E-state index is 12.4. The molecule has 0 bridgehead atoms. The summed E-state index contributed by atoms with van der Waals surface area (Å²) in [5.74, 6) is -0.366. The van der Waals surface area contributed by atoms with Crippen molar-refractivity contribution in [2.24, 2.45) is 0 Å². The summed E-state index contributed by atoms with van der Waals surface area (Å²) in [5, 5.41) is 18.0. The predicted octanol–water partition coefficient (Wildman–Crippen LogP) is 3.53. The van der Waals surface area contributed by atoms with Gasteiger partial charge in [-0.2, -0.15) is 5.10 Å². The summed E-state index contributed by atoms with van der Waals surface area (Å²) in [6.07, 6.45) is 3.58. The fourth-order valence-electron chi connectivity index (χ4n) is 2.52. The summed E-state index contributed by atoms with van der Waals surface area (Å²) in [7, 11) is 0. The molecular weight excluding hydrogens is 400 g/mol. The summed E-state index contributed by atoms with van der Waals surface area (Å²) in [6.45, 7) is 0.920. The molecule has 0 aliphatic heterocycles. The third-order valence-corrected chi connectivity index (χ3v) is 4.52. The molecule has 3 aromatic rings. The summed E-state index contributed by atoms with van der Waals surface area (Å²) in [5.41, 5.74) is 2.10. The summed E-state index contributed by atoms with van der Waals surface area (Å²) >= 11 is 3.11. The zero-order valence-electron chi connectivity index (χ0n) is 13.6. The first-order valence-electron chi connectivity index (χ1n) is 7.81. The first kappa shape index (κ1) is 17.8. The van der Waals surface area contributed by atoms with Crippen molar-refractivity contribution >= 4 is 27.5 Å². The second kappa shape index (κ2) is 7.92. The van der Waals surface area contributed by atoms with Gasteiger partial charge in [0.1, 0.15) is 0 Å². The first-order valence-corrected chi connectivity index (χ1v) is 8.60. The van der Waals surface area contributed by atoms with Crippen LogP contribution in [-0.2, 0) is 13.1 Å². The number of halogens is 1. The molecular formula is C18H15BrN4O3. The molecule has 1 N–H and O–H groups in total. The number of nitro groups is 1. The standard InChI is InChI=1S/C18H15BrN4O3/c19-16-7-6-13(10-17(16)23(25)26)18(24)20-11-14-4-1-2-5-15(14)12-22-9-3-8-21-22/h1-10H,11-12H2,(H,20,24). The predicted molar refractivity (Wildman–Crippen MR) is 99.7 cm³/mol. The normalized spacial score (nSPS) is 10.5. The van der Waals surface area contributed by atoms with Gasteiger partial charge in [-0.1, -0.05) is 24.3 Å². The molecule has 132 valence electrons. The number of nitrogens with zero attached hydrogens (tertiary/aromatic N) is 3. The second-order valence-corrected chi connectivity index (χ2v) is 6.43. The Morgan fingerprint density at radius 1 is 1.19 bits per heavy atom. The van der Waals surface area contributed by atoms with Crippen LogP contribution in [0, 0.1) is 10.1 Å². The van der Waals surface area contributed by atoms with Gasteiger partial charge in [-0.3, -0.25) is 19.6 Å². The Hall–Kier alpha value is -3.00. The van der Waals surface area contributed by atoms with Crippen molar-refractivity contribution in [2.75, 3.05) is 0 Å². The van der Waals surface area contributed by atoms with E-state index in [1.807, 2.05) is 36.5 Å². The van der Waals surface area contributed by atoms with Crippen LogP contribution in [-0.4, -0.2) is 20.6 Å². The molecule has 1 aromatic heterocycles. The molecule has 8 heteroatoms. The highest BCUT2D eigenvalue weighted by Gasteiger charge is 2.16. The van der Waals surface area contributed by atoms with Crippen LogP contribution in [0.1, 0.15) is 21.5 Å². The Kier molecular flexibility index (Phi) is 5.43. The van der Waals surface area contributed by atoms with Gasteiger partial charge in [-0.05, 0) is 45.3 Å². The van der Waals surface area contributed by atoms with E-state index in [4.69, 9.17) is 0 Å². The molecule has 3 rings (SSSR count). The molecule has 0 saturated heterocycles. The monoisotopic (exact) mass is 414 g/mol. The lowest BCUT2D eigenvalue weighted by Gasteiger charge is -2.11. The number of hydrogen-bond donors (Lipinski definition) is 1. The Morgan fingerprint density at radius 2 is 1.96 bits per heavy atom. The number of nitro benzene ring substituents is 1. The fourth-order valence-corrected chi connectivity index (χ4v) is 2.92. The van der Waals surface area contributed by atoms with Gasteiger partial charge < -0.3 is 5.32 Å². The number of carbonyl (C=O) groups excluding carboxylic acids is 1. The van der Waals surface area contributed by atoms with Crippen molar-refractivity contribution < 1.29 is 9.72 Å². The van der Waals surface area contributed by atoms with Gasteiger partial charge in [-0.25, -0.2) is 0 Å². The van der Waals surface area contributed by atoms with Gasteiger partial charge in [0, 0.05) is 30.6 Å². The largest absolute Gasteiger partial charge is 0.348 e.